The summed E-state index contributed by atoms with van der Waals surface area (Å²) in [6, 6.07) is 19.8. The molecule has 25 heavy (non-hydrogen) atoms. The van der Waals surface area contributed by atoms with Crippen LogP contribution < -0.4 is 5.32 Å². The molecule has 4 aromatic rings. The van der Waals surface area contributed by atoms with Crippen molar-refractivity contribution >= 4 is 17.2 Å². The van der Waals surface area contributed by atoms with Gasteiger partial charge < -0.3 is 14.8 Å². The number of aromatic hydroxyl groups is 1. The number of phenols is 1. The van der Waals surface area contributed by atoms with Crippen LogP contribution in [0.4, 0.5) is 5.69 Å². The number of benzene rings is 2. The van der Waals surface area contributed by atoms with E-state index in [0.29, 0.717) is 16.9 Å². The largest absolute Gasteiger partial charge is 0.508 e. The van der Waals surface area contributed by atoms with E-state index in [-0.39, 0.29) is 11.7 Å². The number of aromatic nitrogens is 2. The van der Waals surface area contributed by atoms with Crippen molar-refractivity contribution in [3.63, 3.8) is 0 Å². The Balaban J connectivity index is 1.62. The summed E-state index contributed by atoms with van der Waals surface area (Å²) < 4.78 is 1.89. The molecule has 2 aromatic heterocycles. The van der Waals surface area contributed by atoms with Crippen molar-refractivity contribution in [1.82, 2.24) is 9.38 Å². The number of hydrogen-bond acceptors (Lipinski definition) is 3. The van der Waals surface area contributed by atoms with Gasteiger partial charge in [-0.1, -0.05) is 30.3 Å². The molecule has 0 aliphatic carbocycles. The average Bonchev–Trinajstić information content (AvgIpc) is 3.07. The van der Waals surface area contributed by atoms with Crippen molar-refractivity contribution in [2.45, 2.75) is 0 Å². The van der Waals surface area contributed by atoms with Gasteiger partial charge in [-0.2, -0.15) is 0 Å². The van der Waals surface area contributed by atoms with Gasteiger partial charge in [-0.15, -0.1) is 0 Å². The first-order valence-corrected chi connectivity index (χ1v) is 7.84. The minimum atomic E-state index is -0.225. The molecule has 5 heteroatoms. The van der Waals surface area contributed by atoms with Gasteiger partial charge in [0.1, 0.15) is 11.4 Å². The molecule has 0 aliphatic rings. The maximum Gasteiger partial charge on any atom is 0.255 e. The molecule has 0 saturated heterocycles. The third kappa shape index (κ3) is 3.07. The Morgan fingerprint density at radius 3 is 2.52 bits per heavy atom. The van der Waals surface area contributed by atoms with Gasteiger partial charge in [-0.25, -0.2) is 4.98 Å². The fraction of sp³-hybridized carbons (Fsp3) is 0. The number of carbonyl (C=O) groups excluding carboxylic acids is 1. The lowest BCUT2D eigenvalue weighted by Crippen LogP contribution is -2.12. The van der Waals surface area contributed by atoms with Crippen molar-refractivity contribution in [1.29, 1.82) is 0 Å². The minimum absolute atomic E-state index is 0.158. The quantitative estimate of drug-likeness (QED) is 0.559. The van der Waals surface area contributed by atoms with Crippen LogP contribution >= 0.6 is 0 Å². The summed E-state index contributed by atoms with van der Waals surface area (Å²) in [6.07, 6.45) is 3.76. The number of carbonyl (C=O) groups is 1. The molecule has 122 valence electrons. The van der Waals surface area contributed by atoms with Gasteiger partial charge in [0.25, 0.3) is 5.91 Å². The monoisotopic (exact) mass is 329 g/mol. The van der Waals surface area contributed by atoms with Gasteiger partial charge in [-0.05, 0) is 36.4 Å². The summed E-state index contributed by atoms with van der Waals surface area (Å²) in [5.74, 6) is -0.0669. The van der Waals surface area contributed by atoms with E-state index in [2.05, 4.69) is 10.3 Å². The lowest BCUT2D eigenvalue weighted by Gasteiger charge is -2.05. The van der Waals surface area contributed by atoms with Gasteiger partial charge in [0.05, 0.1) is 5.69 Å². The zero-order valence-electron chi connectivity index (χ0n) is 13.3. The lowest BCUT2D eigenvalue weighted by molar-refractivity contribution is 0.102. The maximum atomic E-state index is 12.4. The zero-order valence-corrected chi connectivity index (χ0v) is 13.3. The summed E-state index contributed by atoms with van der Waals surface area (Å²) in [4.78, 5) is 17.0. The normalized spacial score (nSPS) is 10.7. The molecule has 0 fully saturated rings. The molecule has 2 N–H and O–H groups in total. The summed E-state index contributed by atoms with van der Waals surface area (Å²) in [6.45, 7) is 0. The van der Waals surface area contributed by atoms with E-state index < -0.39 is 0 Å². The molecule has 0 atom stereocenters. The second kappa shape index (κ2) is 6.13. The number of phenolic OH excluding ortho intramolecular Hbond substituents is 1. The van der Waals surface area contributed by atoms with E-state index in [1.165, 1.54) is 12.1 Å². The van der Waals surface area contributed by atoms with Crippen LogP contribution in [-0.2, 0) is 0 Å². The highest BCUT2D eigenvalue weighted by atomic mass is 16.3. The number of fused-ring (bicyclic) bond motifs is 1. The molecular weight excluding hydrogens is 314 g/mol. The Hall–Kier alpha value is -3.60. The zero-order chi connectivity index (χ0) is 17.2. The topological polar surface area (TPSA) is 66.6 Å². The van der Waals surface area contributed by atoms with E-state index in [9.17, 15) is 9.90 Å². The highest BCUT2D eigenvalue weighted by Gasteiger charge is 2.10. The molecule has 0 unspecified atom stereocenters. The Morgan fingerprint density at radius 2 is 1.76 bits per heavy atom. The van der Waals surface area contributed by atoms with Gasteiger partial charge >= 0.3 is 0 Å². The van der Waals surface area contributed by atoms with E-state index in [1.807, 2.05) is 47.1 Å². The molecule has 4 rings (SSSR count). The van der Waals surface area contributed by atoms with Gasteiger partial charge in [0, 0.05) is 29.2 Å². The minimum Gasteiger partial charge on any atom is -0.508 e. The van der Waals surface area contributed by atoms with Gasteiger partial charge in [0.2, 0.25) is 0 Å². The number of amides is 1. The third-order valence-electron chi connectivity index (χ3n) is 3.92. The average molecular weight is 329 g/mol. The Labute approximate surface area is 144 Å². The van der Waals surface area contributed by atoms with Crippen molar-refractivity contribution in [3.05, 3.63) is 84.7 Å². The Bertz CT molecular complexity index is 1040. The highest BCUT2D eigenvalue weighted by molar-refractivity contribution is 6.04. The standard InChI is InChI=1S/C20H15N3O2/c24-17-8-6-16(7-9-17)21-20(25)15-10-11-23-13-18(22-19(23)12-15)14-4-2-1-3-5-14/h1-13,24H,(H,21,25). The molecule has 0 aliphatic heterocycles. The maximum absolute atomic E-state index is 12.4. The summed E-state index contributed by atoms with van der Waals surface area (Å²) in [7, 11) is 0. The lowest BCUT2D eigenvalue weighted by atomic mass is 10.2. The van der Waals surface area contributed by atoms with Crippen LogP contribution in [0, 0.1) is 0 Å². The highest BCUT2D eigenvalue weighted by Crippen LogP contribution is 2.20. The van der Waals surface area contributed by atoms with Crippen LogP contribution in [0.2, 0.25) is 0 Å². The molecule has 2 aromatic carbocycles. The molecule has 0 radical (unpaired) electrons. The molecule has 0 bridgehead atoms. The van der Waals surface area contributed by atoms with Crippen molar-refractivity contribution in [2.24, 2.45) is 0 Å². The predicted molar refractivity (Wildman–Crippen MR) is 96.7 cm³/mol. The van der Waals surface area contributed by atoms with Crippen LogP contribution in [0.5, 0.6) is 5.75 Å². The van der Waals surface area contributed by atoms with Crippen LogP contribution in [-0.4, -0.2) is 20.4 Å². The van der Waals surface area contributed by atoms with E-state index in [4.69, 9.17) is 0 Å². The fourth-order valence-electron chi connectivity index (χ4n) is 2.62. The molecule has 0 saturated carbocycles. The second-order valence-corrected chi connectivity index (χ2v) is 5.67. The van der Waals surface area contributed by atoms with Crippen LogP contribution in [0.15, 0.2) is 79.1 Å². The molecule has 2 heterocycles. The van der Waals surface area contributed by atoms with Gasteiger partial charge in [0.15, 0.2) is 0 Å². The number of pyridine rings is 1. The number of rotatable bonds is 3. The van der Waals surface area contributed by atoms with E-state index in [1.54, 1.807) is 24.3 Å². The number of hydrogen-bond donors (Lipinski definition) is 2. The van der Waals surface area contributed by atoms with Crippen molar-refractivity contribution in [2.75, 3.05) is 5.32 Å². The molecule has 0 spiro atoms. The first-order valence-electron chi connectivity index (χ1n) is 7.84. The Kier molecular flexibility index (Phi) is 3.67. The van der Waals surface area contributed by atoms with E-state index in [0.717, 1.165) is 11.3 Å². The summed E-state index contributed by atoms with van der Waals surface area (Å²) >= 11 is 0. The Morgan fingerprint density at radius 1 is 1.00 bits per heavy atom. The predicted octanol–water partition coefficient (Wildman–Crippen LogP) is 3.96. The summed E-state index contributed by atoms with van der Waals surface area (Å²) in [5.41, 5.74) is 3.73. The van der Waals surface area contributed by atoms with Crippen LogP contribution in [0.25, 0.3) is 16.9 Å². The number of nitrogens with one attached hydrogen (secondary N) is 1. The van der Waals surface area contributed by atoms with Crippen LogP contribution in [0.1, 0.15) is 10.4 Å². The molecule has 1 amide bonds. The van der Waals surface area contributed by atoms with Gasteiger partial charge in [-0.3, -0.25) is 4.79 Å². The van der Waals surface area contributed by atoms with Crippen LogP contribution in [0.3, 0.4) is 0 Å². The number of imidazole rings is 1. The number of anilines is 1. The SMILES string of the molecule is O=C(Nc1ccc(O)cc1)c1ccn2cc(-c3ccccc3)nc2c1. The van der Waals surface area contributed by atoms with E-state index >= 15 is 0 Å². The molecule has 5 nitrogen and oxygen atoms in total. The summed E-state index contributed by atoms with van der Waals surface area (Å²) in [5, 5.41) is 12.1. The third-order valence-corrected chi connectivity index (χ3v) is 3.92. The first-order chi connectivity index (χ1) is 12.2. The second-order valence-electron chi connectivity index (χ2n) is 5.67. The van der Waals surface area contributed by atoms with Crippen molar-refractivity contribution in [3.8, 4) is 17.0 Å². The molecular formula is C20H15N3O2. The van der Waals surface area contributed by atoms with Crippen molar-refractivity contribution < 1.29 is 9.90 Å². The fourth-order valence-corrected chi connectivity index (χ4v) is 2.62. The smallest absolute Gasteiger partial charge is 0.255 e. The first kappa shape index (κ1) is 15.0. The number of nitrogens with zero attached hydrogens (tertiary/aromatic N) is 2.